The van der Waals surface area contributed by atoms with E-state index in [0.717, 1.165) is 0 Å². The molecule has 1 aliphatic rings. The van der Waals surface area contributed by atoms with Gasteiger partial charge in [-0.1, -0.05) is 0 Å². The molecule has 0 saturated heterocycles. The molecule has 8 heteroatoms. The first-order valence-corrected chi connectivity index (χ1v) is 6.42. The van der Waals surface area contributed by atoms with Crippen LogP contribution < -0.4 is 10.0 Å². The number of carboxylic acids is 1. The number of rotatable bonds is 6. The van der Waals surface area contributed by atoms with Crippen LogP contribution in [0.25, 0.3) is 0 Å². The predicted molar refractivity (Wildman–Crippen MR) is 55.2 cm³/mol. The molecule has 1 rings (SSSR count). The molecule has 3 N–H and O–H groups in total. The van der Waals surface area contributed by atoms with Gasteiger partial charge in [-0.3, -0.25) is 9.59 Å². The molecule has 0 aromatic carbocycles. The summed E-state index contributed by atoms with van der Waals surface area (Å²) in [7, 11) is -2.10. The molecule has 7 nitrogen and oxygen atoms in total. The van der Waals surface area contributed by atoms with Gasteiger partial charge >= 0.3 is 5.97 Å². The summed E-state index contributed by atoms with van der Waals surface area (Å²) in [6, 6.07) is 0. The van der Waals surface area contributed by atoms with Crippen molar-refractivity contribution in [1.82, 2.24) is 10.0 Å². The molecule has 1 fully saturated rings. The summed E-state index contributed by atoms with van der Waals surface area (Å²) in [5.41, 5.74) is -1.32. The third-order valence-electron chi connectivity index (χ3n) is 2.56. The van der Waals surface area contributed by atoms with Gasteiger partial charge in [0.2, 0.25) is 15.9 Å². The maximum Gasteiger partial charge on any atom is 0.319 e. The Morgan fingerprint density at radius 3 is 2.31 bits per heavy atom. The predicted octanol–water partition coefficient (Wildman–Crippen LogP) is -1.48. The van der Waals surface area contributed by atoms with Crippen molar-refractivity contribution < 1.29 is 23.1 Å². The van der Waals surface area contributed by atoms with Crippen LogP contribution in [0.2, 0.25) is 0 Å². The summed E-state index contributed by atoms with van der Waals surface area (Å²) in [6.45, 7) is -0.0863. The second kappa shape index (κ2) is 4.38. The molecule has 0 aromatic heterocycles. The lowest BCUT2D eigenvalue weighted by Gasteiger charge is -2.10. The normalized spacial score (nSPS) is 17.8. The van der Waals surface area contributed by atoms with Gasteiger partial charge in [-0.2, -0.15) is 0 Å². The van der Waals surface area contributed by atoms with Gasteiger partial charge in [0.1, 0.15) is 5.41 Å². The maximum absolute atomic E-state index is 11.4. The zero-order valence-electron chi connectivity index (χ0n) is 8.82. The highest BCUT2D eigenvalue weighted by Crippen LogP contribution is 2.45. The highest BCUT2D eigenvalue weighted by Gasteiger charge is 2.56. The van der Waals surface area contributed by atoms with Crippen LogP contribution in [0.1, 0.15) is 12.8 Å². The summed E-state index contributed by atoms with van der Waals surface area (Å²) < 4.78 is 24.1. The van der Waals surface area contributed by atoms with Gasteiger partial charge in [-0.05, 0) is 19.9 Å². The van der Waals surface area contributed by atoms with Crippen molar-refractivity contribution in [2.24, 2.45) is 5.41 Å². The van der Waals surface area contributed by atoms with Crippen LogP contribution in [0, 0.1) is 5.41 Å². The number of amides is 1. The van der Waals surface area contributed by atoms with E-state index in [1.807, 2.05) is 0 Å². The van der Waals surface area contributed by atoms with Crippen molar-refractivity contribution in [3.05, 3.63) is 0 Å². The van der Waals surface area contributed by atoms with E-state index in [0.29, 0.717) is 12.8 Å². The second-order valence-corrected chi connectivity index (χ2v) is 5.71. The van der Waals surface area contributed by atoms with Gasteiger partial charge in [-0.15, -0.1) is 0 Å². The minimum absolute atomic E-state index is 0.0863. The van der Waals surface area contributed by atoms with Crippen molar-refractivity contribution in [3.63, 3.8) is 0 Å². The molecule has 1 aliphatic carbocycles. The molecule has 92 valence electrons. The summed E-state index contributed by atoms with van der Waals surface area (Å²) in [5, 5.41) is 11.1. The minimum Gasteiger partial charge on any atom is -0.480 e. The van der Waals surface area contributed by atoms with E-state index in [-0.39, 0.29) is 12.3 Å². The number of nitrogens with one attached hydrogen (secondary N) is 2. The fourth-order valence-corrected chi connectivity index (χ4v) is 1.81. The molecule has 0 bridgehead atoms. The Labute approximate surface area is 93.3 Å². The van der Waals surface area contributed by atoms with Gasteiger partial charge in [-0.25, -0.2) is 13.1 Å². The zero-order chi connectivity index (χ0) is 12.4. The topological polar surface area (TPSA) is 113 Å². The van der Waals surface area contributed by atoms with Gasteiger partial charge in [0, 0.05) is 6.54 Å². The fourth-order valence-electron chi connectivity index (χ4n) is 1.23. The lowest BCUT2D eigenvalue weighted by Crippen LogP contribution is -2.40. The first-order chi connectivity index (χ1) is 7.34. The van der Waals surface area contributed by atoms with Crippen molar-refractivity contribution in [3.8, 4) is 0 Å². The molecule has 1 saturated carbocycles. The Morgan fingerprint density at radius 2 is 1.94 bits per heavy atom. The van der Waals surface area contributed by atoms with E-state index in [1.165, 1.54) is 7.05 Å². The summed E-state index contributed by atoms with van der Waals surface area (Å²) in [6.07, 6.45) is 0.625. The highest BCUT2D eigenvalue weighted by atomic mass is 32.2. The van der Waals surface area contributed by atoms with E-state index in [1.54, 1.807) is 0 Å². The molecule has 0 aromatic rings. The third kappa shape index (κ3) is 2.70. The third-order valence-corrected chi connectivity index (χ3v) is 3.92. The van der Waals surface area contributed by atoms with Crippen molar-refractivity contribution in [1.29, 1.82) is 0 Å². The second-order valence-electron chi connectivity index (χ2n) is 3.67. The van der Waals surface area contributed by atoms with Crippen LogP contribution in [-0.2, 0) is 19.6 Å². The summed E-state index contributed by atoms with van der Waals surface area (Å²) in [4.78, 5) is 22.2. The first kappa shape index (κ1) is 12.9. The van der Waals surface area contributed by atoms with E-state index < -0.39 is 27.3 Å². The molecule has 1 amide bonds. The lowest BCUT2D eigenvalue weighted by molar-refractivity contribution is -0.148. The number of carbonyl (C=O) groups is 2. The van der Waals surface area contributed by atoms with Gasteiger partial charge < -0.3 is 10.4 Å². The van der Waals surface area contributed by atoms with Crippen LogP contribution in [0.4, 0.5) is 0 Å². The number of carbonyl (C=O) groups excluding carboxylic acids is 1. The van der Waals surface area contributed by atoms with Crippen LogP contribution in [0.15, 0.2) is 0 Å². The van der Waals surface area contributed by atoms with Gasteiger partial charge in [0.05, 0.1) is 5.75 Å². The van der Waals surface area contributed by atoms with Crippen LogP contribution in [-0.4, -0.2) is 44.7 Å². The monoisotopic (exact) mass is 250 g/mol. The smallest absolute Gasteiger partial charge is 0.319 e. The largest absolute Gasteiger partial charge is 0.480 e. The lowest BCUT2D eigenvalue weighted by atomic mass is 10.1. The Kier molecular flexibility index (Phi) is 3.54. The number of aliphatic carboxylic acids is 1. The molecular formula is C8H14N2O5S. The SMILES string of the molecule is CNS(=O)(=O)CCNC(=O)C1(C(=O)O)CC1. The quantitative estimate of drug-likeness (QED) is 0.497. The zero-order valence-corrected chi connectivity index (χ0v) is 9.63. The molecule has 0 aliphatic heterocycles. The van der Waals surface area contributed by atoms with Crippen molar-refractivity contribution in [2.75, 3.05) is 19.3 Å². The number of hydrogen-bond donors (Lipinski definition) is 3. The Bertz CT molecular complexity index is 399. The Morgan fingerprint density at radius 1 is 1.38 bits per heavy atom. The molecule has 0 atom stereocenters. The Hall–Kier alpha value is -1.15. The summed E-state index contributed by atoms with van der Waals surface area (Å²) in [5.74, 6) is -2.02. The molecule has 0 heterocycles. The van der Waals surface area contributed by atoms with Crippen LogP contribution >= 0.6 is 0 Å². The maximum atomic E-state index is 11.4. The van der Waals surface area contributed by atoms with Crippen LogP contribution in [0.3, 0.4) is 0 Å². The van der Waals surface area contributed by atoms with Gasteiger partial charge in [0.15, 0.2) is 0 Å². The molecule has 0 spiro atoms. The van der Waals surface area contributed by atoms with Crippen molar-refractivity contribution in [2.45, 2.75) is 12.8 Å². The van der Waals surface area contributed by atoms with E-state index in [4.69, 9.17) is 5.11 Å². The summed E-state index contributed by atoms with van der Waals surface area (Å²) >= 11 is 0. The van der Waals surface area contributed by atoms with E-state index >= 15 is 0 Å². The van der Waals surface area contributed by atoms with E-state index in [2.05, 4.69) is 10.0 Å². The number of carboxylic acid groups (broad SMARTS) is 1. The molecular weight excluding hydrogens is 236 g/mol. The highest BCUT2D eigenvalue weighted by molar-refractivity contribution is 7.89. The number of hydrogen-bond acceptors (Lipinski definition) is 4. The van der Waals surface area contributed by atoms with Crippen LogP contribution in [0.5, 0.6) is 0 Å². The average Bonchev–Trinajstić information content (AvgIpc) is 2.98. The van der Waals surface area contributed by atoms with E-state index in [9.17, 15) is 18.0 Å². The Balaban J connectivity index is 2.40. The van der Waals surface area contributed by atoms with Gasteiger partial charge in [0.25, 0.3) is 0 Å². The fraction of sp³-hybridized carbons (Fsp3) is 0.750. The molecule has 0 unspecified atom stereocenters. The molecule has 16 heavy (non-hydrogen) atoms. The van der Waals surface area contributed by atoms with Crippen molar-refractivity contribution >= 4 is 21.9 Å². The standard InChI is InChI=1S/C8H14N2O5S/c1-9-16(14,15)5-4-10-6(11)8(2-3-8)7(12)13/h9H,2-5H2,1H3,(H,10,11)(H,12,13). The average molecular weight is 250 g/mol. The minimum atomic E-state index is -3.37. The number of sulfonamides is 1. The first-order valence-electron chi connectivity index (χ1n) is 4.77. The molecule has 0 radical (unpaired) electrons.